The predicted octanol–water partition coefficient (Wildman–Crippen LogP) is 2.11. The van der Waals surface area contributed by atoms with Crippen LogP contribution in [0, 0.1) is 11.3 Å². The van der Waals surface area contributed by atoms with Gasteiger partial charge in [-0.15, -0.1) is 0 Å². The predicted molar refractivity (Wildman–Crippen MR) is 56.4 cm³/mol. The minimum Gasteiger partial charge on any atom is -0.505 e. The Kier molecular flexibility index (Phi) is 2.42. The first-order valence-electron chi connectivity index (χ1n) is 4.63. The lowest BCUT2D eigenvalue weighted by Crippen LogP contribution is -2.00. The van der Waals surface area contributed by atoms with E-state index in [1.165, 1.54) is 6.07 Å². The Labute approximate surface area is 87.8 Å². The zero-order chi connectivity index (χ0) is 10.7. The van der Waals surface area contributed by atoms with Gasteiger partial charge in [0, 0.05) is 12.7 Å². The van der Waals surface area contributed by atoms with Gasteiger partial charge in [0.15, 0.2) is 11.4 Å². The van der Waals surface area contributed by atoms with Crippen molar-refractivity contribution in [3.05, 3.63) is 53.9 Å². The summed E-state index contributed by atoms with van der Waals surface area (Å²) < 4.78 is 1.73. The van der Waals surface area contributed by atoms with Gasteiger partial charge in [-0.3, -0.25) is 0 Å². The molecule has 3 nitrogen and oxygen atoms in total. The summed E-state index contributed by atoms with van der Waals surface area (Å²) in [5, 5.41) is 18.2. The first kappa shape index (κ1) is 9.35. The van der Waals surface area contributed by atoms with Crippen molar-refractivity contribution in [3.63, 3.8) is 0 Å². The van der Waals surface area contributed by atoms with Gasteiger partial charge in [-0.05, 0) is 11.6 Å². The normalized spacial score (nSPS) is 9.80. The second kappa shape index (κ2) is 3.89. The molecule has 3 heteroatoms. The lowest BCUT2D eigenvalue weighted by molar-refractivity contribution is 0.472. The fourth-order valence-electron chi connectivity index (χ4n) is 1.49. The highest BCUT2D eigenvalue weighted by Gasteiger charge is 2.06. The molecule has 0 aliphatic heterocycles. The number of nitriles is 1. The summed E-state index contributed by atoms with van der Waals surface area (Å²) in [5.74, 6) is 0.0356. The topological polar surface area (TPSA) is 48.9 Å². The van der Waals surface area contributed by atoms with Crippen LogP contribution in [0.2, 0.25) is 0 Å². The van der Waals surface area contributed by atoms with Crippen molar-refractivity contribution in [1.29, 1.82) is 5.26 Å². The number of nitrogens with zero attached hydrogens (tertiary/aromatic N) is 2. The molecule has 0 bridgehead atoms. The molecular formula is C12H10N2O. The van der Waals surface area contributed by atoms with E-state index in [1.807, 2.05) is 36.4 Å². The Hall–Kier alpha value is -2.21. The number of aromatic nitrogens is 1. The fourth-order valence-corrected chi connectivity index (χ4v) is 1.49. The second-order valence-electron chi connectivity index (χ2n) is 3.27. The quantitative estimate of drug-likeness (QED) is 0.803. The van der Waals surface area contributed by atoms with Crippen LogP contribution in [-0.4, -0.2) is 9.67 Å². The van der Waals surface area contributed by atoms with Crippen LogP contribution in [0.1, 0.15) is 11.3 Å². The van der Waals surface area contributed by atoms with Crippen LogP contribution in [0.5, 0.6) is 5.75 Å². The molecular weight excluding hydrogens is 188 g/mol. The van der Waals surface area contributed by atoms with Crippen LogP contribution in [0.25, 0.3) is 0 Å². The number of hydrogen-bond donors (Lipinski definition) is 1. The molecule has 0 fully saturated rings. The molecule has 0 unspecified atom stereocenters. The van der Waals surface area contributed by atoms with Gasteiger partial charge >= 0.3 is 0 Å². The van der Waals surface area contributed by atoms with Crippen LogP contribution in [0.15, 0.2) is 42.6 Å². The summed E-state index contributed by atoms with van der Waals surface area (Å²) in [7, 11) is 0. The van der Waals surface area contributed by atoms with E-state index in [0.29, 0.717) is 12.2 Å². The number of rotatable bonds is 2. The third-order valence-electron chi connectivity index (χ3n) is 2.24. The van der Waals surface area contributed by atoms with E-state index in [-0.39, 0.29) is 5.75 Å². The van der Waals surface area contributed by atoms with Gasteiger partial charge in [-0.2, -0.15) is 5.26 Å². The molecule has 74 valence electrons. The molecule has 0 aliphatic rings. The molecule has 2 rings (SSSR count). The zero-order valence-corrected chi connectivity index (χ0v) is 8.09. The second-order valence-corrected chi connectivity index (χ2v) is 3.27. The average Bonchev–Trinajstić information content (AvgIpc) is 2.61. The van der Waals surface area contributed by atoms with Gasteiger partial charge in [0.1, 0.15) is 6.07 Å². The lowest BCUT2D eigenvalue weighted by Gasteiger charge is -2.04. The average molecular weight is 198 g/mol. The highest BCUT2D eigenvalue weighted by molar-refractivity contribution is 5.38. The molecule has 2 aromatic rings. The first-order valence-corrected chi connectivity index (χ1v) is 4.63. The van der Waals surface area contributed by atoms with Gasteiger partial charge in [-0.25, -0.2) is 0 Å². The van der Waals surface area contributed by atoms with Gasteiger partial charge in [-0.1, -0.05) is 30.3 Å². The molecule has 0 amide bonds. The minimum absolute atomic E-state index is 0.0356. The van der Waals surface area contributed by atoms with Crippen molar-refractivity contribution >= 4 is 0 Å². The molecule has 1 aromatic heterocycles. The SMILES string of the molecule is N#Cc1c(O)ccn1Cc1ccccc1. The molecule has 1 aromatic carbocycles. The number of benzene rings is 1. The van der Waals surface area contributed by atoms with Gasteiger partial charge in [0.05, 0.1) is 0 Å². The van der Waals surface area contributed by atoms with Crippen LogP contribution in [0.3, 0.4) is 0 Å². The van der Waals surface area contributed by atoms with E-state index >= 15 is 0 Å². The van der Waals surface area contributed by atoms with E-state index in [1.54, 1.807) is 10.8 Å². The third-order valence-corrected chi connectivity index (χ3v) is 2.24. The highest BCUT2D eigenvalue weighted by atomic mass is 16.3. The Morgan fingerprint density at radius 1 is 1.20 bits per heavy atom. The molecule has 0 saturated heterocycles. The maximum Gasteiger partial charge on any atom is 0.162 e. The van der Waals surface area contributed by atoms with Crippen molar-refractivity contribution in [1.82, 2.24) is 4.57 Å². The summed E-state index contributed by atoms with van der Waals surface area (Å²) in [6, 6.07) is 13.3. The Morgan fingerprint density at radius 2 is 1.93 bits per heavy atom. The summed E-state index contributed by atoms with van der Waals surface area (Å²) >= 11 is 0. The van der Waals surface area contributed by atoms with E-state index in [0.717, 1.165) is 5.56 Å². The Bertz CT molecular complexity index is 494. The smallest absolute Gasteiger partial charge is 0.162 e. The first-order chi connectivity index (χ1) is 7.31. The molecule has 0 saturated carbocycles. The van der Waals surface area contributed by atoms with Gasteiger partial charge < -0.3 is 9.67 Å². The molecule has 0 aliphatic carbocycles. The van der Waals surface area contributed by atoms with Crippen LogP contribution in [0.4, 0.5) is 0 Å². The van der Waals surface area contributed by atoms with Crippen LogP contribution < -0.4 is 0 Å². The minimum atomic E-state index is 0.0356. The monoisotopic (exact) mass is 198 g/mol. The molecule has 0 radical (unpaired) electrons. The fraction of sp³-hybridized carbons (Fsp3) is 0.0833. The zero-order valence-electron chi connectivity index (χ0n) is 8.09. The number of aromatic hydroxyl groups is 1. The van der Waals surface area contributed by atoms with Crippen molar-refractivity contribution in [2.24, 2.45) is 0 Å². The van der Waals surface area contributed by atoms with Crippen molar-refractivity contribution < 1.29 is 5.11 Å². The Morgan fingerprint density at radius 3 is 2.60 bits per heavy atom. The van der Waals surface area contributed by atoms with E-state index in [4.69, 9.17) is 5.26 Å². The van der Waals surface area contributed by atoms with Crippen molar-refractivity contribution in [2.45, 2.75) is 6.54 Å². The summed E-state index contributed by atoms with van der Waals surface area (Å²) in [5.41, 5.74) is 1.41. The number of hydrogen-bond acceptors (Lipinski definition) is 2. The largest absolute Gasteiger partial charge is 0.505 e. The van der Waals surface area contributed by atoms with E-state index in [2.05, 4.69) is 0 Å². The molecule has 0 atom stereocenters. The van der Waals surface area contributed by atoms with Crippen LogP contribution >= 0.6 is 0 Å². The van der Waals surface area contributed by atoms with Gasteiger partial charge in [0.25, 0.3) is 0 Å². The third kappa shape index (κ3) is 1.84. The highest BCUT2D eigenvalue weighted by Crippen LogP contribution is 2.18. The van der Waals surface area contributed by atoms with Crippen LogP contribution in [-0.2, 0) is 6.54 Å². The Balaban J connectivity index is 2.30. The standard InChI is InChI=1S/C12H10N2O/c13-8-11-12(15)6-7-14(11)9-10-4-2-1-3-5-10/h1-7,15H,9H2. The van der Waals surface area contributed by atoms with E-state index in [9.17, 15) is 5.11 Å². The molecule has 15 heavy (non-hydrogen) atoms. The molecule has 0 spiro atoms. The summed E-state index contributed by atoms with van der Waals surface area (Å²) in [6.07, 6.45) is 1.71. The van der Waals surface area contributed by atoms with Gasteiger partial charge in [0.2, 0.25) is 0 Å². The van der Waals surface area contributed by atoms with Crippen molar-refractivity contribution in [2.75, 3.05) is 0 Å². The maximum absolute atomic E-state index is 9.37. The maximum atomic E-state index is 9.37. The molecule has 1 heterocycles. The summed E-state index contributed by atoms with van der Waals surface area (Å²) in [4.78, 5) is 0. The van der Waals surface area contributed by atoms with Crippen molar-refractivity contribution in [3.8, 4) is 11.8 Å². The van der Waals surface area contributed by atoms with E-state index < -0.39 is 0 Å². The lowest BCUT2D eigenvalue weighted by atomic mass is 10.2. The summed E-state index contributed by atoms with van der Waals surface area (Å²) in [6.45, 7) is 0.601. The molecule has 1 N–H and O–H groups in total.